The summed E-state index contributed by atoms with van der Waals surface area (Å²) in [5.74, 6) is 0. The van der Waals surface area contributed by atoms with Crippen LogP contribution >= 0.6 is 11.6 Å². The molecule has 0 aliphatic carbocycles. The lowest BCUT2D eigenvalue weighted by Crippen LogP contribution is -2.25. The fourth-order valence-electron chi connectivity index (χ4n) is 1.40. The molecule has 1 aromatic heterocycles. The fraction of sp³-hybridized carbons (Fsp3) is 0.727. The van der Waals surface area contributed by atoms with Crippen LogP contribution in [0.5, 0.6) is 0 Å². The van der Waals surface area contributed by atoms with Crippen LogP contribution in [0.4, 0.5) is 0 Å². The van der Waals surface area contributed by atoms with E-state index in [-0.39, 0.29) is 0 Å². The normalized spacial score (nSPS) is 12.9. The highest BCUT2D eigenvalue weighted by atomic mass is 35.5. The maximum atomic E-state index is 5.80. The predicted molar refractivity (Wildman–Crippen MR) is 65.9 cm³/mol. The van der Waals surface area contributed by atoms with Crippen LogP contribution in [0, 0.1) is 0 Å². The van der Waals surface area contributed by atoms with E-state index in [1.54, 1.807) is 6.20 Å². The van der Waals surface area contributed by atoms with Crippen molar-refractivity contribution in [3.05, 3.63) is 17.4 Å². The van der Waals surface area contributed by atoms with Gasteiger partial charge in [0.2, 0.25) is 0 Å². The van der Waals surface area contributed by atoms with Gasteiger partial charge in [-0.3, -0.25) is 4.68 Å². The van der Waals surface area contributed by atoms with Crippen LogP contribution in [0.1, 0.15) is 26.3 Å². The lowest BCUT2D eigenvalue weighted by molar-refractivity contribution is 0.144. The average Bonchev–Trinajstić information content (AvgIpc) is 2.70. The summed E-state index contributed by atoms with van der Waals surface area (Å²) in [5.41, 5.74) is 0. The van der Waals surface area contributed by atoms with Crippen molar-refractivity contribution in [2.45, 2.75) is 26.3 Å². The van der Waals surface area contributed by atoms with Crippen molar-refractivity contribution in [3.63, 3.8) is 0 Å². The molecule has 0 saturated heterocycles. The summed E-state index contributed by atoms with van der Waals surface area (Å²) in [6.07, 6.45) is 4.54. The molecule has 0 fully saturated rings. The van der Waals surface area contributed by atoms with Crippen molar-refractivity contribution in [1.82, 2.24) is 15.1 Å². The highest BCUT2D eigenvalue weighted by Crippen LogP contribution is 2.09. The second-order valence-electron chi connectivity index (χ2n) is 3.74. The molecule has 4 nitrogen and oxygen atoms in total. The third-order valence-electron chi connectivity index (χ3n) is 2.31. The molecular weight excluding hydrogens is 226 g/mol. The van der Waals surface area contributed by atoms with Crippen LogP contribution in [-0.4, -0.2) is 36.1 Å². The second-order valence-corrected chi connectivity index (χ2v) is 4.18. The van der Waals surface area contributed by atoms with E-state index in [2.05, 4.69) is 17.3 Å². The number of nitrogens with one attached hydrogen (secondary N) is 1. The Balaban J connectivity index is 2.09. The molecule has 0 spiro atoms. The molecule has 92 valence electrons. The summed E-state index contributed by atoms with van der Waals surface area (Å²) in [5, 5.41) is 8.22. The fourth-order valence-corrected chi connectivity index (χ4v) is 1.55. The summed E-state index contributed by atoms with van der Waals surface area (Å²) in [6.45, 7) is 7.60. The van der Waals surface area contributed by atoms with Crippen LogP contribution in [0.3, 0.4) is 0 Å². The molecule has 16 heavy (non-hydrogen) atoms. The van der Waals surface area contributed by atoms with Crippen LogP contribution in [0.2, 0.25) is 5.02 Å². The van der Waals surface area contributed by atoms with Crippen LogP contribution < -0.4 is 5.32 Å². The van der Waals surface area contributed by atoms with Gasteiger partial charge in [-0.1, -0.05) is 11.6 Å². The van der Waals surface area contributed by atoms with Crippen molar-refractivity contribution in [1.29, 1.82) is 0 Å². The van der Waals surface area contributed by atoms with Gasteiger partial charge in [0.1, 0.15) is 0 Å². The highest BCUT2D eigenvalue weighted by Gasteiger charge is 2.04. The quantitative estimate of drug-likeness (QED) is 0.713. The van der Waals surface area contributed by atoms with Crippen molar-refractivity contribution < 1.29 is 4.74 Å². The standard InChI is InChI=1S/C11H20ClN3O/c1-3-16-6-4-5-13-7-10(2)15-9-11(12)8-14-15/h8-10,13H,3-7H2,1-2H3. The molecule has 0 radical (unpaired) electrons. The lowest BCUT2D eigenvalue weighted by Gasteiger charge is -2.13. The van der Waals surface area contributed by atoms with Gasteiger partial charge in [0, 0.05) is 26.0 Å². The Hall–Kier alpha value is -0.580. The van der Waals surface area contributed by atoms with Gasteiger partial charge in [-0.15, -0.1) is 0 Å². The Labute approximate surface area is 102 Å². The molecule has 1 N–H and O–H groups in total. The number of aromatic nitrogens is 2. The van der Waals surface area contributed by atoms with Gasteiger partial charge in [-0.25, -0.2) is 0 Å². The Bertz CT molecular complexity index is 291. The van der Waals surface area contributed by atoms with E-state index in [4.69, 9.17) is 16.3 Å². The number of rotatable bonds is 8. The highest BCUT2D eigenvalue weighted by molar-refractivity contribution is 6.30. The van der Waals surface area contributed by atoms with Crippen molar-refractivity contribution in [2.24, 2.45) is 0 Å². The van der Waals surface area contributed by atoms with Gasteiger partial charge in [0.05, 0.1) is 17.3 Å². The molecule has 0 aliphatic heterocycles. The maximum absolute atomic E-state index is 5.80. The topological polar surface area (TPSA) is 39.1 Å². The Morgan fingerprint density at radius 1 is 1.62 bits per heavy atom. The van der Waals surface area contributed by atoms with Crippen LogP contribution in [-0.2, 0) is 4.74 Å². The Kier molecular flexibility index (Phi) is 6.45. The number of hydrogen-bond acceptors (Lipinski definition) is 3. The SMILES string of the molecule is CCOCCCNCC(C)n1cc(Cl)cn1. The molecule has 0 amide bonds. The third-order valence-corrected chi connectivity index (χ3v) is 2.50. The van der Waals surface area contributed by atoms with Gasteiger partial charge >= 0.3 is 0 Å². The molecule has 0 bridgehead atoms. The first-order valence-electron chi connectivity index (χ1n) is 5.72. The number of ether oxygens (including phenoxy) is 1. The number of hydrogen-bond donors (Lipinski definition) is 1. The first kappa shape index (κ1) is 13.5. The van der Waals surface area contributed by atoms with E-state index >= 15 is 0 Å². The van der Waals surface area contributed by atoms with E-state index < -0.39 is 0 Å². The molecule has 1 atom stereocenters. The van der Waals surface area contributed by atoms with Crippen LogP contribution in [0.25, 0.3) is 0 Å². The zero-order valence-corrected chi connectivity index (χ0v) is 10.7. The van der Waals surface area contributed by atoms with Gasteiger partial charge < -0.3 is 10.1 Å². The summed E-state index contributed by atoms with van der Waals surface area (Å²) < 4.78 is 7.13. The molecule has 0 aliphatic rings. The van der Waals surface area contributed by atoms with Crippen molar-refractivity contribution >= 4 is 11.6 Å². The van der Waals surface area contributed by atoms with E-state index in [0.29, 0.717) is 11.1 Å². The van der Waals surface area contributed by atoms with Gasteiger partial charge in [-0.05, 0) is 26.8 Å². The molecule has 1 unspecified atom stereocenters. The average molecular weight is 246 g/mol. The van der Waals surface area contributed by atoms with Crippen molar-refractivity contribution in [3.8, 4) is 0 Å². The maximum Gasteiger partial charge on any atom is 0.0785 e. The molecule has 1 aromatic rings. The van der Waals surface area contributed by atoms with Gasteiger partial charge in [0.15, 0.2) is 0 Å². The van der Waals surface area contributed by atoms with Crippen molar-refractivity contribution in [2.75, 3.05) is 26.3 Å². The minimum atomic E-state index is 0.319. The molecular formula is C11H20ClN3O. The van der Waals surface area contributed by atoms with E-state index in [0.717, 1.165) is 32.7 Å². The first-order chi connectivity index (χ1) is 7.74. The lowest BCUT2D eigenvalue weighted by atomic mass is 10.3. The predicted octanol–water partition coefficient (Wildman–Crippen LogP) is 2.11. The summed E-state index contributed by atoms with van der Waals surface area (Å²) in [4.78, 5) is 0. The number of nitrogens with zero attached hydrogens (tertiary/aromatic N) is 2. The first-order valence-corrected chi connectivity index (χ1v) is 6.10. The summed E-state index contributed by atoms with van der Waals surface area (Å²) in [6, 6.07) is 0.319. The molecule has 1 heterocycles. The van der Waals surface area contributed by atoms with Crippen LogP contribution in [0.15, 0.2) is 12.4 Å². The second kappa shape index (κ2) is 7.65. The molecule has 1 rings (SSSR count). The Morgan fingerprint density at radius 2 is 2.44 bits per heavy atom. The van der Waals surface area contributed by atoms with E-state index in [1.807, 2.05) is 17.8 Å². The number of halogens is 1. The molecule has 5 heteroatoms. The third kappa shape index (κ3) is 4.96. The van der Waals surface area contributed by atoms with Gasteiger partial charge in [0.25, 0.3) is 0 Å². The monoisotopic (exact) mass is 245 g/mol. The zero-order chi connectivity index (χ0) is 11.8. The minimum absolute atomic E-state index is 0.319. The van der Waals surface area contributed by atoms with E-state index in [1.165, 1.54) is 0 Å². The van der Waals surface area contributed by atoms with E-state index in [9.17, 15) is 0 Å². The molecule has 0 aromatic carbocycles. The smallest absolute Gasteiger partial charge is 0.0785 e. The zero-order valence-electron chi connectivity index (χ0n) is 9.95. The summed E-state index contributed by atoms with van der Waals surface area (Å²) >= 11 is 5.80. The summed E-state index contributed by atoms with van der Waals surface area (Å²) in [7, 11) is 0. The Morgan fingerprint density at radius 3 is 3.06 bits per heavy atom. The largest absolute Gasteiger partial charge is 0.382 e. The minimum Gasteiger partial charge on any atom is -0.382 e. The van der Waals surface area contributed by atoms with Gasteiger partial charge in [-0.2, -0.15) is 5.10 Å². The molecule has 0 saturated carbocycles.